The second kappa shape index (κ2) is 16.3. The molecule has 0 bridgehead atoms. The van der Waals surface area contributed by atoms with Gasteiger partial charge in [0.2, 0.25) is 5.91 Å². The van der Waals surface area contributed by atoms with Crippen LogP contribution in [0.25, 0.3) is 0 Å². The van der Waals surface area contributed by atoms with Crippen LogP contribution in [0.2, 0.25) is 0 Å². The van der Waals surface area contributed by atoms with Gasteiger partial charge in [-0.05, 0) is 25.7 Å². The van der Waals surface area contributed by atoms with Crippen molar-refractivity contribution in [2.75, 3.05) is 19.0 Å². The summed E-state index contributed by atoms with van der Waals surface area (Å²) in [5, 5.41) is 29.4. The fraction of sp³-hybridized carbons (Fsp3) is 0.800. The Morgan fingerprint density at radius 3 is 1.90 bits per heavy atom. The molecule has 1 unspecified atom stereocenters. The van der Waals surface area contributed by atoms with Gasteiger partial charge in [-0.3, -0.25) is 9.59 Å². The minimum absolute atomic E-state index is 0.0375. The molecule has 0 heterocycles. The number of amides is 1. The number of rotatable bonds is 18. The van der Waals surface area contributed by atoms with Gasteiger partial charge in [0, 0.05) is 18.6 Å². The van der Waals surface area contributed by atoms with Crippen LogP contribution in [0.1, 0.15) is 51.4 Å². The number of thioether (sulfide) groups is 1. The Hall–Kier alpha value is -2.64. The molecule has 0 aliphatic carbocycles. The number of nitrogens with zero attached hydrogens (tertiary/aromatic N) is 2. The van der Waals surface area contributed by atoms with Crippen molar-refractivity contribution in [2.45, 2.75) is 57.4 Å². The Morgan fingerprint density at radius 2 is 1.41 bits per heavy atom. The molecule has 166 valence electrons. The van der Waals surface area contributed by atoms with Gasteiger partial charge in [-0.1, -0.05) is 24.6 Å². The molecule has 0 saturated heterocycles. The largest absolute Gasteiger partial charge is 0.480 e. The molecule has 0 radical (unpaired) electrons. The standard InChI is InChI=1S/C15H25N3O10S/c19-13(7-3-1-5-9-27-17(23)24)16-12(15(21)22)11-29-14(20)8-4-2-6-10-28-18(25)26/h12H,1-11H2,(H,16,19)(H,21,22). The number of carboxylic acid groups (broad SMARTS) is 1. The van der Waals surface area contributed by atoms with Crippen LogP contribution >= 0.6 is 11.8 Å². The molecular formula is C15H25N3O10S. The minimum Gasteiger partial charge on any atom is -0.480 e. The molecule has 0 rings (SSSR count). The molecule has 13 nitrogen and oxygen atoms in total. The fourth-order valence-electron chi connectivity index (χ4n) is 2.08. The van der Waals surface area contributed by atoms with Gasteiger partial charge in [0.25, 0.3) is 10.2 Å². The van der Waals surface area contributed by atoms with E-state index in [4.69, 9.17) is 5.11 Å². The second-order valence-corrected chi connectivity index (χ2v) is 6.95. The van der Waals surface area contributed by atoms with E-state index in [9.17, 15) is 34.6 Å². The summed E-state index contributed by atoms with van der Waals surface area (Å²) >= 11 is 0.807. The van der Waals surface area contributed by atoms with Crippen molar-refractivity contribution in [1.82, 2.24) is 5.32 Å². The van der Waals surface area contributed by atoms with Gasteiger partial charge in [-0.15, -0.1) is 20.2 Å². The van der Waals surface area contributed by atoms with Crippen LogP contribution in [0.15, 0.2) is 0 Å². The first-order valence-corrected chi connectivity index (χ1v) is 9.93. The maximum Gasteiger partial charge on any atom is 0.327 e. The highest BCUT2D eigenvalue weighted by molar-refractivity contribution is 8.13. The zero-order valence-electron chi connectivity index (χ0n) is 15.8. The van der Waals surface area contributed by atoms with Gasteiger partial charge in [-0.25, -0.2) is 4.79 Å². The molecular weight excluding hydrogens is 414 g/mol. The van der Waals surface area contributed by atoms with Crippen LogP contribution in [0, 0.1) is 20.2 Å². The van der Waals surface area contributed by atoms with E-state index >= 15 is 0 Å². The number of aliphatic carboxylic acids is 1. The second-order valence-electron chi connectivity index (χ2n) is 5.88. The number of carbonyl (C=O) groups is 3. The highest BCUT2D eigenvalue weighted by Gasteiger charge is 2.21. The molecule has 1 atom stereocenters. The molecule has 2 N–H and O–H groups in total. The van der Waals surface area contributed by atoms with Crippen molar-refractivity contribution in [3.63, 3.8) is 0 Å². The van der Waals surface area contributed by atoms with E-state index in [1.807, 2.05) is 0 Å². The predicted molar refractivity (Wildman–Crippen MR) is 99.9 cm³/mol. The average Bonchev–Trinajstić information content (AvgIpc) is 2.63. The summed E-state index contributed by atoms with van der Waals surface area (Å²) in [6, 6.07) is -1.21. The summed E-state index contributed by atoms with van der Waals surface area (Å²) in [6.45, 7) is -0.0991. The third kappa shape index (κ3) is 17.2. The molecule has 29 heavy (non-hydrogen) atoms. The van der Waals surface area contributed by atoms with Gasteiger partial charge >= 0.3 is 5.97 Å². The van der Waals surface area contributed by atoms with E-state index in [-0.39, 0.29) is 36.9 Å². The van der Waals surface area contributed by atoms with Crippen LogP contribution in [-0.2, 0) is 24.1 Å². The highest BCUT2D eigenvalue weighted by atomic mass is 32.2. The van der Waals surface area contributed by atoms with Gasteiger partial charge in [0.05, 0.1) is 13.2 Å². The van der Waals surface area contributed by atoms with Gasteiger partial charge in [0.15, 0.2) is 5.12 Å². The third-order valence-electron chi connectivity index (χ3n) is 3.51. The topological polar surface area (TPSA) is 188 Å². The molecule has 0 aliphatic rings. The highest BCUT2D eigenvalue weighted by Crippen LogP contribution is 2.12. The monoisotopic (exact) mass is 439 g/mol. The summed E-state index contributed by atoms with van der Waals surface area (Å²) in [4.78, 5) is 63.0. The number of carbonyl (C=O) groups excluding carboxylic acids is 2. The number of nitrogens with one attached hydrogen (secondary N) is 1. The van der Waals surface area contributed by atoms with E-state index in [2.05, 4.69) is 15.0 Å². The summed E-state index contributed by atoms with van der Waals surface area (Å²) in [5.41, 5.74) is 0. The summed E-state index contributed by atoms with van der Waals surface area (Å²) in [6.07, 6.45) is 3.08. The Kier molecular flexibility index (Phi) is 14.8. The van der Waals surface area contributed by atoms with E-state index < -0.39 is 28.1 Å². The van der Waals surface area contributed by atoms with Crippen molar-refractivity contribution in [3.8, 4) is 0 Å². The molecule has 1 amide bonds. The lowest BCUT2D eigenvalue weighted by Gasteiger charge is -2.13. The van der Waals surface area contributed by atoms with E-state index in [0.717, 1.165) is 11.8 Å². The van der Waals surface area contributed by atoms with Crippen LogP contribution in [-0.4, -0.2) is 57.3 Å². The Bertz CT molecular complexity index is 560. The molecule has 0 aliphatic heterocycles. The minimum atomic E-state index is -1.25. The van der Waals surface area contributed by atoms with Crippen LogP contribution in [0.3, 0.4) is 0 Å². The lowest BCUT2D eigenvalue weighted by Crippen LogP contribution is -2.42. The first-order chi connectivity index (χ1) is 13.7. The maximum atomic E-state index is 11.8. The molecule has 0 aromatic rings. The van der Waals surface area contributed by atoms with E-state index in [1.165, 1.54) is 0 Å². The summed E-state index contributed by atoms with van der Waals surface area (Å²) < 4.78 is 0. The number of hydrogen-bond donors (Lipinski definition) is 2. The van der Waals surface area contributed by atoms with Crippen molar-refractivity contribution in [2.24, 2.45) is 0 Å². The smallest absolute Gasteiger partial charge is 0.327 e. The zero-order chi connectivity index (χ0) is 22.1. The molecule has 14 heteroatoms. The van der Waals surface area contributed by atoms with Crippen LogP contribution in [0.4, 0.5) is 0 Å². The first kappa shape index (κ1) is 26.4. The van der Waals surface area contributed by atoms with Gasteiger partial charge in [-0.2, -0.15) is 0 Å². The van der Waals surface area contributed by atoms with Crippen molar-refractivity contribution >= 4 is 28.8 Å². The fourth-order valence-corrected chi connectivity index (χ4v) is 2.95. The van der Waals surface area contributed by atoms with Crippen LogP contribution < -0.4 is 5.32 Å². The first-order valence-electron chi connectivity index (χ1n) is 8.94. The number of carboxylic acids is 1. The normalized spacial score (nSPS) is 11.3. The summed E-state index contributed by atoms with van der Waals surface area (Å²) in [5.74, 6) is -1.84. The van der Waals surface area contributed by atoms with E-state index in [1.54, 1.807) is 0 Å². The molecule has 0 aromatic carbocycles. The average molecular weight is 439 g/mol. The lowest BCUT2D eigenvalue weighted by atomic mass is 10.2. The van der Waals surface area contributed by atoms with E-state index in [0.29, 0.717) is 38.5 Å². The quantitative estimate of drug-likeness (QED) is 0.178. The SMILES string of the molecule is O=C(CCCCCO[N+](=O)[O-])NC(CSC(=O)CCCCCO[N+](=O)[O-])C(=O)O. The molecule has 0 spiro atoms. The Morgan fingerprint density at radius 1 is 0.897 bits per heavy atom. The Labute approximate surface area is 170 Å². The predicted octanol–water partition coefficient (Wildman–Crippen LogP) is 1.35. The third-order valence-corrected chi connectivity index (χ3v) is 4.54. The maximum absolute atomic E-state index is 11.8. The molecule has 0 fully saturated rings. The van der Waals surface area contributed by atoms with Crippen LogP contribution in [0.5, 0.6) is 0 Å². The number of hydrogen-bond acceptors (Lipinski definition) is 10. The van der Waals surface area contributed by atoms with Crippen molar-refractivity contribution in [1.29, 1.82) is 0 Å². The molecule has 0 aromatic heterocycles. The lowest BCUT2D eigenvalue weighted by molar-refractivity contribution is -0.757. The molecule has 0 saturated carbocycles. The Balaban J connectivity index is 3.93. The van der Waals surface area contributed by atoms with Crippen molar-refractivity contribution < 1.29 is 39.3 Å². The van der Waals surface area contributed by atoms with Crippen molar-refractivity contribution in [3.05, 3.63) is 20.2 Å². The summed E-state index contributed by atoms with van der Waals surface area (Å²) in [7, 11) is 0. The number of unbranched alkanes of at least 4 members (excludes halogenated alkanes) is 4. The van der Waals surface area contributed by atoms with Gasteiger partial charge < -0.3 is 20.1 Å². The zero-order valence-corrected chi connectivity index (χ0v) is 16.6. The van der Waals surface area contributed by atoms with Gasteiger partial charge in [0.1, 0.15) is 6.04 Å².